The lowest BCUT2D eigenvalue weighted by Gasteiger charge is -2.07. The first-order valence-electron chi connectivity index (χ1n) is 7.01. The Morgan fingerprint density at radius 2 is 2.00 bits per heavy atom. The van der Waals surface area contributed by atoms with Gasteiger partial charge in [-0.1, -0.05) is 22.9 Å². The van der Waals surface area contributed by atoms with Crippen molar-refractivity contribution in [2.24, 2.45) is 0 Å². The molecule has 0 aliphatic heterocycles. The topological polar surface area (TPSA) is 22.8 Å². The normalized spacial score (nSPS) is 11.3. The molecule has 0 saturated carbocycles. The highest BCUT2D eigenvalue weighted by atomic mass is 79.9. The van der Waals surface area contributed by atoms with Crippen molar-refractivity contribution in [3.63, 3.8) is 0 Å². The summed E-state index contributed by atoms with van der Waals surface area (Å²) in [6.07, 6.45) is 3.13. The smallest absolute Gasteiger partial charge is 0.0645 e. The van der Waals surface area contributed by atoms with E-state index in [0.29, 0.717) is 0 Å². The van der Waals surface area contributed by atoms with Crippen LogP contribution in [0.5, 0.6) is 0 Å². The number of hydrogen-bond acceptors (Lipinski definition) is 1. The molecule has 1 aromatic carbocycles. The van der Waals surface area contributed by atoms with Gasteiger partial charge in [-0.2, -0.15) is 5.10 Å². The summed E-state index contributed by atoms with van der Waals surface area (Å²) in [6.45, 7) is 6.07. The third kappa shape index (κ3) is 2.40. The van der Waals surface area contributed by atoms with Gasteiger partial charge in [-0.15, -0.1) is 0 Å². The van der Waals surface area contributed by atoms with Crippen LogP contribution in [-0.2, 0) is 19.5 Å². The molecule has 0 bridgehead atoms. The number of benzene rings is 1. The van der Waals surface area contributed by atoms with Gasteiger partial charge in [-0.05, 0) is 43.7 Å². The zero-order valence-electron chi connectivity index (χ0n) is 11.8. The summed E-state index contributed by atoms with van der Waals surface area (Å²) in [6, 6.07) is 10.8. The average molecular weight is 332 g/mol. The predicted octanol–water partition coefficient (Wildman–Crippen LogP) is 4.23. The highest BCUT2D eigenvalue weighted by Crippen LogP contribution is 2.22. The number of halogens is 1. The van der Waals surface area contributed by atoms with Crippen LogP contribution in [0.2, 0.25) is 0 Å². The molecule has 20 heavy (non-hydrogen) atoms. The Morgan fingerprint density at radius 3 is 2.75 bits per heavy atom. The summed E-state index contributed by atoms with van der Waals surface area (Å²) in [7, 11) is 0. The Balaban J connectivity index is 1.98. The molecular weight excluding hydrogens is 314 g/mol. The minimum atomic E-state index is 0.867. The van der Waals surface area contributed by atoms with Gasteiger partial charge in [-0.3, -0.25) is 4.68 Å². The van der Waals surface area contributed by atoms with Crippen LogP contribution < -0.4 is 0 Å². The Labute approximate surface area is 127 Å². The van der Waals surface area contributed by atoms with Gasteiger partial charge in [0.1, 0.15) is 0 Å². The lowest BCUT2D eigenvalue weighted by molar-refractivity contribution is 0.599. The van der Waals surface area contributed by atoms with Crippen LogP contribution >= 0.6 is 15.9 Å². The van der Waals surface area contributed by atoms with E-state index in [1.807, 2.05) is 0 Å². The molecule has 0 unspecified atom stereocenters. The number of fused-ring (bicyclic) bond motifs is 1. The molecule has 0 amide bonds. The Hall–Kier alpha value is -1.55. The predicted molar refractivity (Wildman–Crippen MR) is 86.0 cm³/mol. The summed E-state index contributed by atoms with van der Waals surface area (Å²) in [5, 5.41) is 5.88. The summed E-state index contributed by atoms with van der Waals surface area (Å²) in [4.78, 5) is 0. The van der Waals surface area contributed by atoms with E-state index in [2.05, 4.69) is 80.7 Å². The SMILES string of the molecule is CCc1cc(Cn2ccc3cc(Br)ccc32)n(CC)n1. The number of rotatable bonds is 4. The van der Waals surface area contributed by atoms with Crippen LogP contribution in [0.25, 0.3) is 10.9 Å². The van der Waals surface area contributed by atoms with Gasteiger partial charge in [0.2, 0.25) is 0 Å². The fourth-order valence-electron chi connectivity index (χ4n) is 2.57. The van der Waals surface area contributed by atoms with E-state index in [-0.39, 0.29) is 0 Å². The fourth-order valence-corrected chi connectivity index (χ4v) is 2.95. The highest BCUT2D eigenvalue weighted by Gasteiger charge is 2.08. The van der Waals surface area contributed by atoms with Gasteiger partial charge in [0, 0.05) is 28.1 Å². The average Bonchev–Trinajstić information content (AvgIpc) is 3.03. The van der Waals surface area contributed by atoms with E-state index in [1.54, 1.807) is 0 Å². The molecule has 0 saturated heterocycles. The van der Waals surface area contributed by atoms with Gasteiger partial charge < -0.3 is 4.57 Å². The maximum atomic E-state index is 4.62. The molecule has 0 spiro atoms. The second-order valence-electron chi connectivity index (χ2n) is 4.94. The van der Waals surface area contributed by atoms with Gasteiger partial charge in [0.25, 0.3) is 0 Å². The standard InChI is InChI=1S/C16H18BrN3/c1-3-14-10-15(20(4-2)18-14)11-19-8-7-12-9-13(17)5-6-16(12)19/h5-10H,3-4,11H2,1-2H3. The van der Waals surface area contributed by atoms with Crippen molar-refractivity contribution in [1.82, 2.24) is 14.3 Å². The number of aromatic nitrogens is 3. The van der Waals surface area contributed by atoms with Crippen LogP contribution in [0.15, 0.2) is 41.0 Å². The second kappa shape index (κ2) is 5.44. The summed E-state index contributed by atoms with van der Waals surface area (Å²) < 4.78 is 5.50. The molecule has 0 N–H and O–H groups in total. The molecule has 2 heterocycles. The van der Waals surface area contributed by atoms with Gasteiger partial charge >= 0.3 is 0 Å². The van der Waals surface area contributed by atoms with E-state index >= 15 is 0 Å². The molecule has 0 aliphatic carbocycles. The number of nitrogens with zero attached hydrogens (tertiary/aromatic N) is 3. The number of aryl methyl sites for hydroxylation is 2. The maximum absolute atomic E-state index is 4.62. The summed E-state index contributed by atoms with van der Waals surface area (Å²) >= 11 is 3.52. The lowest BCUT2D eigenvalue weighted by Crippen LogP contribution is -2.07. The molecule has 0 atom stereocenters. The molecule has 104 valence electrons. The van der Waals surface area contributed by atoms with Crippen molar-refractivity contribution in [1.29, 1.82) is 0 Å². The van der Waals surface area contributed by atoms with E-state index in [1.165, 1.54) is 22.3 Å². The van der Waals surface area contributed by atoms with E-state index < -0.39 is 0 Å². The van der Waals surface area contributed by atoms with E-state index in [9.17, 15) is 0 Å². The van der Waals surface area contributed by atoms with Crippen molar-refractivity contribution >= 4 is 26.8 Å². The van der Waals surface area contributed by atoms with Crippen molar-refractivity contribution in [3.8, 4) is 0 Å². The molecular formula is C16H18BrN3. The molecule has 3 aromatic rings. The van der Waals surface area contributed by atoms with Crippen LogP contribution in [0.3, 0.4) is 0 Å². The molecule has 0 radical (unpaired) electrons. The first-order valence-corrected chi connectivity index (χ1v) is 7.80. The lowest BCUT2D eigenvalue weighted by atomic mass is 10.2. The molecule has 0 aliphatic rings. The maximum Gasteiger partial charge on any atom is 0.0645 e. The first-order chi connectivity index (χ1) is 9.71. The van der Waals surface area contributed by atoms with Gasteiger partial charge in [0.05, 0.1) is 17.9 Å². The van der Waals surface area contributed by atoms with E-state index in [4.69, 9.17) is 0 Å². The quantitative estimate of drug-likeness (QED) is 0.701. The third-order valence-electron chi connectivity index (χ3n) is 3.64. The Bertz CT molecular complexity index is 739. The van der Waals surface area contributed by atoms with Crippen molar-refractivity contribution in [3.05, 3.63) is 52.4 Å². The molecule has 3 nitrogen and oxygen atoms in total. The van der Waals surface area contributed by atoms with Crippen molar-refractivity contribution in [2.75, 3.05) is 0 Å². The Kier molecular flexibility index (Phi) is 3.66. The molecule has 3 rings (SSSR count). The molecule has 0 fully saturated rings. The minimum Gasteiger partial charge on any atom is -0.341 e. The van der Waals surface area contributed by atoms with Crippen LogP contribution in [-0.4, -0.2) is 14.3 Å². The van der Waals surface area contributed by atoms with Crippen molar-refractivity contribution < 1.29 is 0 Å². The summed E-state index contributed by atoms with van der Waals surface area (Å²) in [5.74, 6) is 0. The third-order valence-corrected chi connectivity index (χ3v) is 4.13. The monoisotopic (exact) mass is 331 g/mol. The van der Waals surface area contributed by atoms with Crippen LogP contribution in [0, 0.1) is 0 Å². The van der Waals surface area contributed by atoms with Gasteiger partial charge in [-0.25, -0.2) is 0 Å². The first kappa shape index (κ1) is 13.4. The van der Waals surface area contributed by atoms with Crippen molar-refractivity contribution in [2.45, 2.75) is 33.4 Å². The minimum absolute atomic E-state index is 0.867. The zero-order chi connectivity index (χ0) is 14.1. The summed E-state index contributed by atoms with van der Waals surface area (Å²) in [5.41, 5.74) is 3.70. The Morgan fingerprint density at radius 1 is 1.15 bits per heavy atom. The van der Waals surface area contributed by atoms with Gasteiger partial charge in [0.15, 0.2) is 0 Å². The fraction of sp³-hybridized carbons (Fsp3) is 0.312. The molecule has 4 heteroatoms. The number of hydrogen-bond donors (Lipinski definition) is 0. The van der Waals surface area contributed by atoms with E-state index in [0.717, 1.165) is 24.0 Å². The highest BCUT2D eigenvalue weighted by molar-refractivity contribution is 9.10. The van der Waals surface area contributed by atoms with Crippen LogP contribution in [0.1, 0.15) is 25.2 Å². The second-order valence-corrected chi connectivity index (χ2v) is 5.86. The largest absolute Gasteiger partial charge is 0.341 e. The molecule has 2 aromatic heterocycles. The zero-order valence-corrected chi connectivity index (χ0v) is 13.4. The van der Waals surface area contributed by atoms with Crippen LogP contribution in [0.4, 0.5) is 0 Å².